The van der Waals surface area contributed by atoms with E-state index in [9.17, 15) is 18.5 Å². The summed E-state index contributed by atoms with van der Waals surface area (Å²) in [4.78, 5) is 11.3. The molecule has 0 unspecified atom stereocenters. The Hall–Kier alpha value is -1.95. The number of nitrogens with zero attached hydrogens (tertiary/aromatic N) is 1. The molecule has 0 fully saturated rings. The molecule has 0 N–H and O–H groups in total. The van der Waals surface area contributed by atoms with Crippen LogP contribution in [0.15, 0.2) is 64.0 Å². The van der Waals surface area contributed by atoms with Gasteiger partial charge in [0.25, 0.3) is 0 Å². The Balaban J connectivity index is 2.22. The van der Waals surface area contributed by atoms with Gasteiger partial charge in [-0.2, -0.15) is 0 Å². The number of hydrogen-bond donors (Lipinski definition) is 0. The molecule has 2 aromatic carbocycles. The van der Waals surface area contributed by atoms with Gasteiger partial charge >= 0.3 is 186 Å². The van der Waals surface area contributed by atoms with E-state index in [1.807, 2.05) is 13.0 Å². The predicted octanol–water partition coefficient (Wildman–Crippen LogP) is 4.95. The van der Waals surface area contributed by atoms with E-state index >= 15 is 0 Å². The topological polar surface area (TPSA) is 77.3 Å². The van der Waals surface area contributed by atoms with E-state index in [1.54, 1.807) is 42.5 Å². The summed E-state index contributed by atoms with van der Waals surface area (Å²) in [7, 11) is -3.50. The fraction of sp³-hybridized carbons (Fsp3) is 0.391. The molecular formula is C23H29NO4SSe. The van der Waals surface area contributed by atoms with Gasteiger partial charge in [0.05, 0.1) is 0 Å². The van der Waals surface area contributed by atoms with Gasteiger partial charge in [0.1, 0.15) is 0 Å². The number of sulfone groups is 1. The van der Waals surface area contributed by atoms with Gasteiger partial charge in [-0.05, 0) is 0 Å². The van der Waals surface area contributed by atoms with Gasteiger partial charge in [-0.15, -0.1) is 0 Å². The van der Waals surface area contributed by atoms with Crippen molar-refractivity contribution in [3.63, 3.8) is 0 Å². The van der Waals surface area contributed by atoms with Crippen molar-refractivity contribution in [3.8, 4) is 0 Å². The van der Waals surface area contributed by atoms with Gasteiger partial charge in [0.2, 0.25) is 0 Å². The number of rotatable bonds is 12. The number of nitro groups is 1. The summed E-state index contributed by atoms with van der Waals surface area (Å²) in [5, 5.41) is 11.4. The maximum absolute atomic E-state index is 13.0. The van der Waals surface area contributed by atoms with Crippen molar-refractivity contribution in [1.82, 2.24) is 0 Å². The zero-order valence-corrected chi connectivity index (χ0v) is 20.1. The van der Waals surface area contributed by atoms with Gasteiger partial charge in [0.15, 0.2) is 0 Å². The normalized spacial score (nSPS) is 12.1. The fourth-order valence-corrected chi connectivity index (χ4v) is 7.45. The summed E-state index contributed by atoms with van der Waals surface area (Å²) in [5.74, 6) is -0.100. The Bertz CT molecular complexity index is 969. The minimum atomic E-state index is -3.50. The summed E-state index contributed by atoms with van der Waals surface area (Å²) >= 11 is -0.426. The average Bonchev–Trinajstić information content (AvgIpc) is 2.71. The van der Waals surface area contributed by atoms with E-state index in [1.165, 1.54) is 25.3 Å². The maximum atomic E-state index is 13.0. The van der Waals surface area contributed by atoms with Crippen LogP contribution in [0.1, 0.15) is 51.0 Å². The Morgan fingerprint density at radius 2 is 1.70 bits per heavy atom. The second kappa shape index (κ2) is 12.0. The molecule has 2 aromatic rings. The molecular weight excluding hydrogens is 465 g/mol. The van der Waals surface area contributed by atoms with Crippen LogP contribution >= 0.6 is 0 Å². The van der Waals surface area contributed by atoms with Crippen molar-refractivity contribution in [2.45, 2.75) is 57.3 Å². The molecule has 162 valence electrons. The third kappa shape index (κ3) is 7.71. The van der Waals surface area contributed by atoms with E-state index in [0.717, 1.165) is 29.3 Å². The van der Waals surface area contributed by atoms with Crippen LogP contribution in [-0.4, -0.2) is 34.1 Å². The Kier molecular flexibility index (Phi) is 9.76. The standard InChI is InChI=1S/C23H29NO4SSe/c1-3-4-5-6-7-8-11-21(30-23-13-10-9-12-22(23)24(25)26)18-29(27,28)20-16-14-19(2)15-17-20/h9-17H,3-8,18H2,1-2H3/b21-11-. The Morgan fingerprint density at radius 3 is 2.37 bits per heavy atom. The molecule has 0 saturated carbocycles. The average molecular weight is 495 g/mol. The Labute approximate surface area is 185 Å². The first-order chi connectivity index (χ1) is 14.3. The first kappa shape index (κ1) is 24.3. The summed E-state index contributed by atoms with van der Waals surface area (Å²) in [6.07, 6.45) is 8.47. The van der Waals surface area contributed by atoms with E-state index in [0.29, 0.717) is 9.36 Å². The zero-order chi connectivity index (χ0) is 22.0. The first-order valence-corrected chi connectivity index (χ1v) is 13.6. The van der Waals surface area contributed by atoms with Crippen LogP contribution in [0.5, 0.6) is 0 Å². The molecule has 30 heavy (non-hydrogen) atoms. The summed E-state index contributed by atoms with van der Waals surface area (Å²) in [6.45, 7) is 4.08. The van der Waals surface area contributed by atoms with Gasteiger partial charge in [-0.3, -0.25) is 0 Å². The van der Waals surface area contributed by atoms with Crippen molar-refractivity contribution in [2.24, 2.45) is 0 Å². The van der Waals surface area contributed by atoms with Crippen LogP contribution in [-0.2, 0) is 9.84 Å². The van der Waals surface area contributed by atoms with Crippen molar-refractivity contribution in [1.29, 1.82) is 0 Å². The van der Waals surface area contributed by atoms with Crippen LogP contribution in [0.4, 0.5) is 5.69 Å². The number of unbranched alkanes of at least 4 members (excludes halogenated alkanes) is 5. The van der Waals surface area contributed by atoms with Gasteiger partial charge in [-0.1, -0.05) is 0 Å². The first-order valence-electron chi connectivity index (χ1n) is 10.2. The molecule has 0 amide bonds. The number of nitro benzene ring substituents is 1. The van der Waals surface area contributed by atoms with Crippen LogP contribution in [0.2, 0.25) is 0 Å². The predicted molar refractivity (Wildman–Crippen MR) is 123 cm³/mol. The molecule has 0 saturated heterocycles. The van der Waals surface area contributed by atoms with Gasteiger partial charge in [-0.25, -0.2) is 0 Å². The quantitative estimate of drug-likeness (QED) is 0.181. The van der Waals surface area contributed by atoms with Crippen molar-refractivity contribution in [3.05, 3.63) is 74.8 Å². The van der Waals surface area contributed by atoms with Gasteiger partial charge in [0, 0.05) is 0 Å². The van der Waals surface area contributed by atoms with E-state index < -0.39 is 29.7 Å². The molecule has 0 spiro atoms. The van der Waals surface area contributed by atoms with Crippen molar-refractivity contribution < 1.29 is 13.3 Å². The number of benzene rings is 2. The fourth-order valence-electron chi connectivity index (χ4n) is 2.99. The summed E-state index contributed by atoms with van der Waals surface area (Å²) < 4.78 is 27.3. The summed E-state index contributed by atoms with van der Waals surface area (Å²) in [6, 6.07) is 13.4. The molecule has 0 bridgehead atoms. The molecule has 7 heteroatoms. The molecule has 0 aliphatic rings. The molecule has 5 nitrogen and oxygen atoms in total. The molecule has 0 radical (unpaired) electrons. The number of allylic oxidation sites excluding steroid dienone is 1. The molecule has 0 atom stereocenters. The SMILES string of the molecule is CCCCCCC/C=C(/CS(=O)(=O)c1ccc(C)cc1)[Se]c1ccccc1[N+](=O)[O-]. The zero-order valence-electron chi connectivity index (χ0n) is 17.5. The molecule has 2 rings (SSSR count). The van der Waals surface area contributed by atoms with E-state index in [4.69, 9.17) is 0 Å². The molecule has 0 aromatic heterocycles. The Morgan fingerprint density at radius 1 is 1.03 bits per heavy atom. The van der Waals surface area contributed by atoms with E-state index in [-0.39, 0.29) is 11.4 Å². The summed E-state index contributed by atoms with van der Waals surface area (Å²) in [5.41, 5.74) is 1.06. The molecule has 0 aliphatic carbocycles. The second-order valence-electron chi connectivity index (χ2n) is 7.27. The van der Waals surface area contributed by atoms with Crippen LogP contribution < -0.4 is 4.46 Å². The van der Waals surface area contributed by atoms with Crippen LogP contribution in [0, 0.1) is 17.0 Å². The van der Waals surface area contributed by atoms with Gasteiger partial charge < -0.3 is 0 Å². The number of aryl methyl sites for hydroxylation is 1. The van der Waals surface area contributed by atoms with Crippen molar-refractivity contribution in [2.75, 3.05) is 5.75 Å². The second-order valence-corrected chi connectivity index (χ2v) is 11.7. The van der Waals surface area contributed by atoms with E-state index in [2.05, 4.69) is 6.92 Å². The van der Waals surface area contributed by atoms with Crippen molar-refractivity contribution >= 4 is 34.9 Å². The molecule has 0 aliphatic heterocycles. The third-order valence-electron chi connectivity index (χ3n) is 4.70. The number of hydrogen-bond acceptors (Lipinski definition) is 4. The third-order valence-corrected chi connectivity index (χ3v) is 9.18. The monoisotopic (exact) mass is 495 g/mol. The minimum absolute atomic E-state index is 0.0547. The molecule has 0 heterocycles. The van der Waals surface area contributed by atoms with Crippen LogP contribution in [0.3, 0.4) is 0 Å². The van der Waals surface area contributed by atoms with Crippen LogP contribution in [0.25, 0.3) is 0 Å². The number of para-hydroxylation sites is 1.